The van der Waals surface area contributed by atoms with E-state index in [9.17, 15) is 9.90 Å². The summed E-state index contributed by atoms with van der Waals surface area (Å²) in [4.78, 5) is 19.5. The number of aliphatic hydroxyl groups is 1. The third-order valence-electron chi connectivity index (χ3n) is 5.21. The maximum absolute atomic E-state index is 13.1. The van der Waals surface area contributed by atoms with Crippen LogP contribution in [0.3, 0.4) is 0 Å². The molecule has 0 radical (unpaired) electrons. The first-order valence-corrected chi connectivity index (χ1v) is 9.86. The molecule has 0 aliphatic carbocycles. The molecule has 0 bridgehead atoms. The normalized spacial score (nSPS) is 24.0. The molecule has 0 saturated heterocycles. The van der Waals surface area contributed by atoms with Crippen LogP contribution in [-0.4, -0.2) is 47.4 Å². The lowest BCUT2D eigenvalue weighted by Gasteiger charge is -2.47. The highest BCUT2D eigenvalue weighted by Gasteiger charge is 2.48. The second-order valence-corrected chi connectivity index (χ2v) is 8.86. The van der Waals surface area contributed by atoms with Crippen LogP contribution < -0.4 is 0 Å². The van der Waals surface area contributed by atoms with Crippen molar-refractivity contribution >= 4 is 12.0 Å². The van der Waals surface area contributed by atoms with E-state index in [1.807, 2.05) is 71.9 Å². The molecule has 4 atom stereocenters. The molecule has 2 rings (SSSR count). The first kappa shape index (κ1) is 22.2. The van der Waals surface area contributed by atoms with Gasteiger partial charge in [0.05, 0.1) is 19.1 Å². The molecule has 1 aromatic carbocycles. The Morgan fingerprint density at radius 3 is 2.36 bits per heavy atom. The molecule has 156 valence electrons. The van der Waals surface area contributed by atoms with Gasteiger partial charge in [-0.3, -0.25) is 4.90 Å². The fraction of sp³-hybridized carbons (Fsp3) is 0.636. The van der Waals surface area contributed by atoms with Gasteiger partial charge < -0.3 is 14.6 Å². The summed E-state index contributed by atoms with van der Waals surface area (Å²) >= 11 is 0. The summed E-state index contributed by atoms with van der Waals surface area (Å²) in [7, 11) is 1.56. The van der Waals surface area contributed by atoms with E-state index in [1.54, 1.807) is 12.0 Å². The van der Waals surface area contributed by atoms with Crippen molar-refractivity contribution in [2.75, 3.05) is 7.11 Å². The number of rotatable bonds is 4. The Morgan fingerprint density at radius 2 is 1.86 bits per heavy atom. The van der Waals surface area contributed by atoms with Crippen molar-refractivity contribution in [3.05, 3.63) is 35.9 Å². The van der Waals surface area contributed by atoms with Crippen LogP contribution in [0, 0.1) is 17.3 Å². The van der Waals surface area contributed by atoms with Gasteiger partial charge in [-0.25, -0.2) is 9.79 Å². The van der Waals surface area contributed by atoms with Crippen molar-refractivity contribution in [1.82, 2.24) is 4.90 Å². The Hall–Kier alpha value is -2.08. The molecule has 6 heteroatoms. The number of carbonyl (C=O) groups is 1. The van der Waals surface area contributed by atoms with Crippen molar-refractivity contribution in [3.63, 3.8) is 0 Å². The molecule has 28 heavy (non-hydrogen) atoms. The third kappa shape index (κ3) is 4.85. The molecule has 1 aromatic rings. The number of hydrogen-bond acceptors (Lipinski definition) is 5. The van der Waals surface area contributed by atoms with Gasteiger partial charge in [-0.1, -0.05) is 65.0 Å². The molecule has 0 saturated carbocycles. The van der Waals surface area contributed by atoms with Gasteiger partial charge in [0.25, 0.3) is 0 Å². The van der Waals surface area contributed by atoms with E-state index in [1.165, 1.54) is 0 Å². The molecule has 1 aliphatic rings. The maximum atomic E-state index is 13.1. The minimum atomic E-state index is -0.681. The molecular formula is C22H34N2O4. The molecule has 0 spiro atoms. The van der Waals surface area contributed by atoms with Gasteiger partial charge in [0.15, 0.2) is 5.90 Å². The van der Waals surface area contributed by atoms with E-state index in [4.69, 9.17) is 14.5 Å². The zero-order chi connectivity index (χ0) is 21.1. The van der Waals surface area contributed by atoms with Crippen LogP contribution >= 0.6 is 0 Å². The van der Waals surface area contributed by atoms with Crippen molar-refractivity contribution in [2.45, 2.75) is 66.5 Å². The highest BCUT2D eigenvalue weighted by atomic mass is 16.6. The summed E-state index contributed by atoms with van der Waals surface area (Å²) in [5.74, 6) is 0.0785. The van der Waals surface area contributed by atoms with Gasteiger partial charge in [0.1, 0.15) is 12.8 Å². The monoisotopic (exact) mass is 390 g/mol. The van der Waals surface area contributed by atoms with Crippen LogP contribution in [0.5, 0.6) is 0 Å². The van der Waals surface area contributed by atoms with E-state index in [-0.39, 0.29) is 24.0 Å². The van der Waals surface area contributed by atoms with Gasteiger partial charge in [-0.05, 0) is 18.4 Å². The van der Waals surface area contributed by atoms with Gasteiger partial charge in [0.2, 0.25) is 0 Å². The second kappa shape index (κ2) is 8.95. The number of ether oxygens (including phenoxy) is 2. The highest BCUT2D eigenvalue weighted by molar-refractivity contribution is 5.83. The predicted octanol–water partition coefficient (Wildman–Crippen LogP) is 4.08. The fourth-order valence-corrected chi connectivity index (χ4v) is 3.58. The summed E-state index contributed by atoms with van der Waals surface area (Å²) in [5, 5.41) is 10.8. The first-order chi connectivity index (χ1) is 13.1. The summed E-state index contributed by atoms with van der Waals surface area (Å²) in [6.45, 7) is 12.1. The minimum Gasteiger partial charge on any atom is -0.484 e. The first-order valence-electron chi connectivity index (χ1n) is 9.86. The van der Waals surface area contributed by atoms with E-state index >= 15 is 0 Å². The Labute approximate surface area is 168 Å². The van der Waals surface area contributed by atoms with E-state index in [0.717, 1.165) is 5.56 Å². The fourth-order valence-electron chi connectivity index (χ4n) is 3.58. The Bertz CT molecular complexity index is 682. The van der Waals surface area contributed by atoms with Crippen LogP contribution in [-0.2, 0) is 16.1 Å². The molecule has 0 fully saturated rings. The lowest BCUT2D eigenvalue weighted by molar-refractivity contribution is -0.0170. The SMILES string of the molecule is COC1=N[C@@H](C(C)(C)C)N(C(=O)OCc2ccccc2)[C@@H](C)[C@@H]1[C@H](O)C(C)C. The second-order valence-electron chi connectivity index (χ2n) is 8.86. The lowest BCUT2D eigenvalue weighted by Crippen LogP contribution is -2.60. The number of aliphatic imine (C=N–C) groups is 1. The number of benzene rings is 1. The molecule has 0 aromatic heterocycles. The van der Waals surface area contributed by atoms with E-state index < -0.39 is 24.3 Å². The smallest absolute Gasteiger partial charge is 0.412 e. The Balaban J connectivity index is 2.34. The van der Waals surface area contributed by atoms with Crippen LogP contribution in [0.1, 0.15) is 47.1 Å². The summed E-state index contributed by atoms with van der Waals surface area (Å²) in [5.41, 5.74) is 0.602. The number of methoxy groups -OCH3 is 1. The van der Waals surface area contributed by atoms with Crippen molar-refractivity contribution in [1.29, 1.82) is 0 Å². The van der Waals surface area contributed by atoms with Crippen LogP contribution in [0.2, 0.25) is 0 Å². The minimum absolute atomic E-state index is 0.00109. The number of carbonyl (C=O) groups excluding carboxylic acids is 1. The van der Waals surface area contributed by atoms with Gasteiger partial charge >= 0.3 is 6.09 Å². The average molecular weight is 391 g/mol. The number of hydrogen-bond donors (Lipinski definition) is 1. The maximum Gasteiger partial charge on any atom is 0.412 e. The molecule has 0 unspecified atom stereocenters. The van der Waals surface area contributed by atoms with Crippen molar-refractivity contribution < 1.29 is 19.4 Å². The number of aliphatic hydroxyl groups excluding tert-OH is 1. The zero-order valence-corrected chi connectivity index (χ0v) is 18.0. The average Bonchev–Trinajstić information content (AvgIpc) is 2.64. The Morgan fingerprint density at radius 1 is 1.25 bits per heavy atom. The third-order valence-corrected chi connectivity index (χ3v) is 5.21. The number of nitrogens with zero attached hydrogens (tertiary/aromatic N) is 2. The molecule has 1 N–H and O–H groups in total. The standard InChI is InChI=1S/C22H34N2O4/c1-14(2)18(25)17-15(3)24(20(22(4,5)6)23-19(17)27-7)21(26)28-13-16-11-9-8-10-12-16/h8-12,14-15,17-18,20,25H,13H2,1-7H3/t15-,17+,18+,20+/m0/s1. The predicted molar refractivity (Wildman–Crippen MR) is 110 cm³/mol. The van der Waals surface area contributed by atoms with Gasteiger partial charge in [-0.2, -0.15) is 0 Å². The quantitative estimate of drug-likeness (QED) is 0.841. The van der Waals surface area contributed by atoms with Crippen LogP contribution in [0.4, 0.5) is 4.79 Å². The van der Waals surface area contributed by atoms with E-state index in [2.05, 4.69) is 0 Å². The summed E-state index contributed by atoms with van der Waals surface area (Å²) in [6, 6.07) is 9.26. The molecule has 1 amide bonds. The van der Waals surface area contributed by atoms with Crippen LogP contribution in [0.25, 0.3) is 0 Å². The highest BCUT2D eigenvalue weighted by Crippen LogP contribution is 2.36. The molecular weight excluding hydrogens is 356 g/mol. The summed E-state index contributed by atoms with van der Waals surface area (Å²) < 4.78 is 11.2. The van der Waals surface area contributed by atoms with Gasteiger partial charge in [-0.15, -0.1) is 0 Å². The van der Waals surface area contributed by atoms with Gasteiger partial charge in [0, 0.05) is 11.5 Å². The van der Waals surface area contributed by atoms with Crippen molar-refractivity contribution in [2.24, 2.45) is 22.2 Å². The van der Waals surface area contributed by atoms with Crippen LogP contribution in [0.15, 0.2) is 35.3 Å². The number of amides is 1. The molecule has 1 heterocycles. The lowest BCUT2D eigenvalue weighted by atomic mass is 9.82. The van der Waals surface area contributed by atoms with E-state index in [0.29, 0.717) is 5.90 Å². The zero-order valence-electron chi connectivity index (χ0n) is 18.0. The topological polar surface area (TPSA) is 71.4 Å². The van der Waals surface area contributed by atoms with Crippen molar-refractivity contribution in [3.8, 4) is 0 Å². The summed E-state index contributed by atoms with van der Waals surface area (Å²) in [6.07, 6.45) is -1.56. The molecule has 6 nitrogen and oxygen atoms in total. The largest absolute Gasteiger partial charge is 0.484 e. The molecule has 1 aliphatic heterocycles. The Kier molecular flexibility index (Phi) is 7.10.